The van der Waals surface area contributed by atoms with Crippen molar-refractivity contribution in [3.63, 3.8) is 0 Å². The van der Waals surface area contributed by atoms with Gasteiger partial charge in [-0.3, -0.25) is 14.9 Å². The van der Waals surface area contributed by atoms with Gasteiger partial charge in [0.2, 0.25) is 11.5 Å². The van der Waals surface area contributed by atoms with Crippen LogP contribution in [0.5, 0.6) is 17.2 Å². The van der Waals surface area contributed by atoms with Gasteiger partial charge in [-0.05, 0) is 18.2 Å². The molecule has 0 atom stereocenters. The van der Waals surface area contributed by atoms with E-state index < -0.39 is 16.5 Å². The van der Waals surface area contributed by atoms with Gasteiger partial charge < -0.3 is 19.5 Å². The highest BCUT2D eigenvalue weighted by atomic mass is 79.9. The highest BCUT2D eigenvalue weighted by Gasteiger charge is 2.32. The molecular weight excluding hydrogens is 396 g/mol. The number of benzene rings is 2. The first-order chi connectivity index (χ1) is 11.9. The number of amides is 1. The Morgan fingerprint density at radius 3 is 2.32 bits per heavy atom. The van der Waals surface area contributed by atoms with E-state index in [1.54, 1.807) is 24.3 Å². The number of anilines is 1. The van der Waals surface area contributed by atoms with Crippen LogP contribution in [0.4, 0.5) is 11.4 Å². The van der Waals surface area contributed by atoms with Gasteiger partial charge in [0.15, 0.2) is 5.75 Å². The van der Waals surface area contributed by atoms with Crippen LogP contribution in [0.3, 0.4) is 0 Å². The molecule has 132 valence electrons. The number of nitro benzene ring substituents is 1. The van der Waals surface area contributed by atoms with Gasteiger partial charge in [-0.1, -0.05) is 22.0 Å². The standard InChI is InChI=1S/C16H15BrN2O6/c1-23-12-8-11(13(19(21)22)15(25-3)14(12)24-2)16(20)18-10-6-4-5-9(17)7-10/h4-8H,1-3H3,(H,18,20). The van der Waals surface area contributed by atoms with E-state index in [9.17, 15) is 14.9 Å². The molecular formula is C16H15BrN2O6. The molecule has 0 saturated carbocycles. The first kappa shape index (κ1) is 18.5. The van der Waals surface area contributed by atoms with E-state index >= 15 is 0 Å². The molecule has 0 fully saturated rings. The minimum Gasteiger partial charge on any atom is -0.493 e. The van der Waals surface area contributed by atoms with Crippen molar-refractivity contribution in [3.8, 4) is 17.2 Å². The second-order valence-corrected chi connectivity index (χ2v) is 5.68. The van der Waals surface area contributed by atoms with Crippen molar-refractivity contribution in [2.75, 3.05) is 26.6 Å². The minimum atomic E-state index is -0.698. The van der Waals surface area contributed by atoms with Crippen molar-refractivity contribution in [1.82, 2.24) is 0 Å². The number of ether oxygens (including phenoxy) is 3. The fourth-order valence-electron chi connectivity index (χ4n) is 2.26. The number of nitro groups is 1. The second kappa shape index (κ2) is 7.84. The molecule has 0 unspecified atom stereocenters. The third-order valence-corrected chi connectivity index (χ3v) is 3.81. The van der Waals surface area contributed by atoms with E-state index in [2.05, 4.69) is 21.2 Å². The van der Waals surface area contributed by atoms with Gasteiger partial charge in [0, 0.05) is 16.2 Å². The normalized spacial score (nSPS) is 10.1. The highest BCUT2D eigenvalue weighted by molar-refractivity contribution is 9.10. The summed E-state index contributed by atoms with van der Waals surface area (Å²) in [6, 6.07) is 8.09. The van der Waals surface area contributed by atoms with E-state index in [1.807, 2.05) is 0 Å². The maximum Gasteiger partial charge on any atom is 0.327 e. The fourth-order valence-corrected chi connectivity index (χ4v) is 2.66. The summed E-state index contributed by atoms with van der Waals surface area (Å²) in [5.74, 6) is -0.685. The van der Waals surface area contributed by atoms with Crippen LogP contribution >= 0.6 is 15.9 Å². The lowest BCUT2D eigenvalue weighted by Gasteiger charge is -2.15. The van der Waals surface area contributed by atoms with Crippen molar-refractivity contribution in [2.24, 2.45) is 0 Å². The van der Waals surface area contributed by atoms with E-state index in [-0.39, 0.29) is 22.8 Å². The third-order valence-electron chi connectivity index (χ3n) is 3.31. The summed E-state index contributed by atoms with van der Waals surface area (Å²) in [5, 5.41) is 14.1. The average molecular weight is 411 g/mol. The summed E-state index contributed by atoms with van der Waals surface area (Å²) in [6.07, 6.45) is 0. The lowest BCUT2D eigenvalue weighted by atomic mass is 10.1. The smallest absolute Gasteiger partial charge is 0.327 e. The number of rotatable bonds is 6. The molecule has 2 rings (SSSR count). The maximum absolute atomic E-state index is 12.6. The van der Waals surface area contributed by atoms with Crippen molar-refractivity contribution in [2.45, 2.75) is 0 Å². The van der Waals surface area contributed by atoms with Crippen molar-refractivity contribution in [3.05, 3.63) is 50.5 Å². The quantitative estimate of drug-likeness (QED) is 0.576. The molecule has 0 aromatic heterocycles. The number of nitrogens with one attached hydrogen (secondary N) is 1. The van der Waals surface area contributed by atoms with Crippen LogP contribution in [0.2, 0.25) is 0 Å². The first-order valence-electron chi connectivity index (χ1n) is 6.97. The maximum atomic E-state index is 12.6. The molecule has 0 aliphatic carbocycles. The number of hydrogen-bond donors (Lipinski definition) is 1. The van der Waals surface area contributed by atoms with Crippen molar-refractivity contribution < 1.29 is 23.9 Å². The topological polar surface area (TPSA) is 99.9 Å². The summed E-state index contributed by atoms with van der Waals surface area (Å²) in [6.45, 7) is 0. The van der Waals surface area contributed by atoms with Gasteiger partial charge in [0.1, 0.15) is 5.56 Å². The summed E-state index contributed by atoms with van der Waals surface area (Å²) in [5.41, 5.74) is -0.241. The second-order valence-electron chi connectivity index (χ2n) is 4.76. The number of halogens is 1. The Balaban J connectivity index is 2.58. The van der Waals surface area contributed by atoms with E-state index in [0.29, 0.717) is 5.69 Å². The Morgan fingerprint density at radius 1 is 1.12 bits per heavy atom. The molecule has 8 nitrogen and oxygen atoms in total. The van der Waals surface area contributed by atoms with Crippen LogP contribution in [0.1, 0.15) is 10.4 Å². The predicted octanol–water partition coefficient (Wildman–Crippen LogP) is 3.64. The highest BCUT2D eigenvalue weighted by Crippen LogP contribution is 2.46. The number of carbonyl (C=O) groups excluding carboxylic acids is 1. The van der Waals surface area contributed by atoms with Gasteiger partial charge in [-0.25, -0.2) is 0 Å². The monoisotopic (exact) mass is 410 g/mol. The summed E-state index contributed by atoms with van der Waals surface area (Å²) in [4.78, 5) is 23.4. The Bertz CT molecular complexity index is 825. The Kier molecular flexibility index (Phi) is 5.81. The molecule has 0 saturated heterocycles. The minimum absolute atomic E-state index is 0.0377. The Labute approximate surface area is 152 Å². The predicted molar refractivity (Wildman–Crippen MR) is 94.8 cm³/mol. The number of carbonyl (C=O) groups is 1. The molecule has 2 aromatic carbocycles. The molecule has 1 N–H and O–H groups in total. The van der Waals surface area contributed by atoms with Gasteiger partial charge in [0.05, 0.1) is 26.3 Å². The van der Waals surface area contributed by atoms with Gasteiger partial charge >= 0.3 is 5.69 Å². The molecule has 0 spiro atoms. The molecule has 2 aromatic rings. The van der Waals surface area contributed by atoms with Crippen molar-refractivity contribution in [1.29, 1.82) is 0 Å². The summed E-state index contributed by atoms with van der Waals surface area (Å²) in [7, 11) is 3.94. The third kappa shape index (κ3) is 3.82. The summed E-state index contributed by atoms with van der Waals surface area (Å²) >= 11 is 3.29. The lowest BCUT2D eigenvalue weighted by molar-refractivity contribution is -0.386. The molecule has 0 aliphatic rings. The molecule has 25 heavy (non-hydrogen) atoms. The van der Waals surface area contributed by atoms with Crippen LogP contribution in [0, 0.1) is 10.1 Å². The van der Waals surface area contributed by atoms with E-state index in [0.717, 1.165) is 4.47 Å². The zero-order valence-corrected chi connectivity index (χ0v) is 15.2. The van der Waals surface area contributed by atoms with Crippen molar-refractivity contribution >= 4 is 33.2 Å². The summed E-state index contributed by atoms with van der Waals surface area (Å²) < 4.78 is 16.1. The van der Waals surface area contributed by atoms with Gasteiger partial charge in [0.25, 0.3) is 5.91 Å². The van der Waals surface area contributed by atoms with E-state index in [1.165, 1.54) is 27.4 Å². The van der Waals surface area contributed by atoms with Crippen LogP contribution in [-0.4, -0.2) is 32.2 Å². The number of nitrogens with zero attached hydrogens (tertiary/aromatic N) is 1. The first-order valence-corrected chi connectivity index (χ1v) is 7.76. The largest absolute Gasteiger partial charge is 0.493 e. The average Bonchev–Trinajstić information content (AvgIpc) is 2.59. The molecule has 0 bridgehead atoms. The molecule has 0 radical (unpaired) electrons. The van der Waals surface area contributed by atoms with E-state index in [4.69, 9.17) is 14.2 Å². The molecule has 9 heteroatoms. The van der Waals surface area contributed by atoms with Gasteiger partial charge in [-0.2, -0.15) is 0 Å². The van der Waals surface area contributed by atoms with Crippen LogP contribution in [-0.2, 0) is 0 Å². The van der Waals surface area contributed by atoms with Crippen LogP contribution in [0.25, 0.3) is 0 Å². The Morgan fingerprint density at radius 2 is 1.80 bits per heavy atom. The van der Waals surface area contributed by atoms with Crippen LogP contribution in [0.15, 0.2) is 34.8 Å². The van der Waals surface area contributed by atoms with Crippen LogP contribution < -0.4 is 19.5 Å². The lowest BCUT2D eigenvalue weighted by Crippen LogP contribution is -2.15. The fraction of sp³-hybridized carbons (Fsp3) is 0.188. The molecule has 0 aliphatic heterocycles. The Hall–Kier alpha value is -2.81. The number of hydrogen-bond acceptors (Lipinski definition) is 6. The number of methoxy groups -OCH3 is 3. The SMILES string of the molecule is COc1cc(C(=O)Nc2cccc(Br)c2)c([N+](=O)[O-])c(OC)c1OC. The molecule has 0 heterocycles. The zero-order chi connectivity index (χ0) is 18.6. The zero-order valence-electron chi connectivity index (χ0n) is 13.7. The van der Waals surface area contributed by atoms with Gasteiger partial charge in [-0.15, -0.1) is 0 Å². The molecule has 1 amide bonds.